The Balaban J connectivity index is 1.36. The zero-order chi connectivity index (χ0) is 15.6. The van der Waals surface area contributed by atoms with Crippen molar-refractivity contribution in [1.29, 1.82) is 0 Å². The summed E-state index contributed by atoms with van der Waals surface area (Å²) in [5, 5.41) is 8.87. The lowest BCUT2D eigenvalue weighted by Gasteiger charge is -2.35. The molecule has 4 rings (SSSR count). The molecule has 1 aliphatic heterocycles. The first-order chi connectivity index (χ1) is 11.3. The van der Waals surface area contributed by atoms with Gasteiger partial charge in [-0.1, -0.05) is 29.8 Å². The summed E-state index contributed by atoms with van der Waals surface area (Å²) < 4.78 is 0. The highest BCUT2D eigenvalue weighted by molar-refractivity contribution is 5.43. The van der Waals surface area contributed by atoms with E-state index in [1.807, 2.05) is 0 Å². The second kappa shape index (κ2) is 6.28. The average molecular weight is 308 g/mol. The van der Waals surface area contributed by atoms with Crippen molar-refractivity contribution >= 4 is 5.82 Å². The Labute approximate surface area is 138 Å². The molecule has 1 aromatic carbocycles. The van der Waals surface area contributed by atoms with E-state index in [0.717, 1.165) is 45.0 Å². The fraction of sp³-hybridized carbons (Fsp3) is 0.474. The monoisotopic (exact) mass is 308 g/mol. The molecule has 0 radical (unpaired) electrons. The molecule has 2 aromatic rings. The molecule has 0 atom stereocenters. The van der Waals surface area contributed by atoms with Crippen LogP contribution in [0, 0.1) is 6.92 Å². The zero-order valence-corrected chi connectivity index (χ0v) is 13.8. The first-order valence-corrected chi connectivity index (χ1v) is 8.66. The van der Waals surface area contributed by atoms with Crippen LogP contribution in [-0.2, 0) is 19.4 Å². The van der Waals surface area contributed by atoms with E-state index < -0.39 is 0 Å². The number of nitrogens with zero attached hydrogens (tertiary/aromatic N) is 4. The molecule has 4 nitrogen and oxygen atoms in total. The Kier molecular flexibility index (Phi) is 4.00. The second-order valence-electron chi connectivity index (χ2n) is 6.78. The minimum absolute atomic E-state index is 1.04. The highest BCUT2D eigenvalue weighted by Crippen LogP contribution is 2.23. The van der Waals surface area contributed by atoms with Crippen molar-refractivity contribution in [3.05, 3.63) is 52.7 Å². The van der Waals surface area contributed by atoms with Crippen molar-refractivity contribution < 1.29 is 0 Å². The fourth-order valence-corrected chi connectivity index (χ4v) is 3.56. The van der Waals surface area contributed by atoms with Crippen LogP contribution >= 0.6 is 0 Å². The lowest BCUT2D eigenvalue weighted by molar-refractivity contribution is 0.249. The van der Waals surface area contributed by atoms with E-state index in [9.17, 15) is 0 Å². The highest BCUT2D eigenvalue weighted by atomic mass is 15.3. The number of aryl methyl sites for hydroxylation is 3. The lowest BCUT2D eigenvalue weighted by Crippen LogP contribution is -2.46. The molecule has 120 valence electrons. The van der Waals surface area contributed by atoms with Gasteiger partial charge in [0, 0.05) is 32.7 Å². The Morgan fingerprint density at radius 3 is 2.52 bits per heavy atom. The topological polar surface area (TPSA) is 32.3 Å². The standard InChI is InChI=1S/C19H24N4/c1-15-5-7-16(8-6-15)14-22-9-11-23(12-10-22)19-13-17-3-2-4-18(17)20-21-19/h5-8,13H,2-4,9-12,14H2,1H3. The molecule has 4 heteroatoms. The quantitative estimate of drug-likeness (QED) is 0.872. The summed E-state index contributed by atoms with van der Waals surface area (Å²) in [5.74, 6) is 1.07. The molecule has 1 fully saturated rings. The molecule has 0 unspecified atom stereocenters. The minimum atomic E-state index is 1.04. The third-order valence-electron chi connectivity index (χ3n) is 5.03. The largest absolute Gasteiger partial charge is 0.353 e. The van der Waals surface area contributed by atoms with E-state index >= 15 is 0 Å². The van der Waals surface area contributed by atoms with Crippen molar-refractivity contribution in [1.82, 2.24) is 15.1 Å². The Morgan fingerprint density at radius 2 is 1.74 bits per heavy atom. The first-order valence-electron chi connectivity index (χ1n) is 8.66. The number of fused-ring (bicyclic) bond motifs is 1. The van der Waals surface area contributed by atoms with Crippen LogP contribution in [0.25, 0.3) is 0 Å². The van der Waals surface area contributed by atoms with Crippen molar-refractivity contribution in [3.8, 4) is 0 Å². The molecule has 2 heterocycles. The molecule has 1 aromatic heterocycles. The van der Waals surface area contributed by atoms with Gasteiger partial charge in [-0.3, -0.25) is 4.90 Å². The van der Waals surface area contributed by atoms with Crippen molar-refractivity contribution in [2.24, 2.45) is 0 Å². The normalized spacial score (nSPS) is 18.2. The van der Waals surface area contributed by atoms with Gasteiger partial charge in [-0.2, -0.15) is 5.10 Å². The molecular weight excluding hydrogens is 284 g/mol. The Bertz CT molecular complexity index is 672. The van der Waals surface area contributed by atoms with Crippen LogP contribution in [0.5, 0.6) is 0 Å². The zero-order valence-electron chi connectivity index (χ0n) is 13.8. The number of anilines is 1. The van der Waals surface area contributed by atoms with E-state index in [0.29, 0.717) is 0 Å². The molecule has 0 amide bonds. The van der Waals surface area contributed by atoms with Crippen molar-refractivity contribution in [2.45, 2.75) is 32.7 Å². The molecule has 0 N–H and O–H groups in total. The molecule has 0 saturated carbocycles. The predicted octanol–water partition coefficient (Wildman–Crippen LogP) is 2.60. The molecule has 1 saturated heterocycles. The summed E-state index contributed by atoms with van der Waals surface area (Å²) in [4.78, 5) is 4.92. The summed E-state index contributed by atoms with van der Waals surface area (Å²) in [7, 11) is 0. The maximum absolute atomic E-state index is 4.45. The van der Waals surface area contributed by atoms with E-state index in [2.05, 4.69) is 57.3 Å². The van der Waals surface area contributed by atoms with E-state index in [4.69, 9.17) is 0 Å². The molecule has 2 aliphatic rings. The van der Waals surface area contributed by atoms with Gasteiger partial charge in [-0.25, -0.2) is 0 Å². The Hall–Kier alpha value is -1.94. The number of aromatic nitrogens is 2. The predicted molar refractivity (Wildman–Crippen MR) is 92.7 cm³/mol. The van der Waals surface area contributed by atoms with Crippen LogP contribution < -0.4 is 4.90 Å². The Morgan fingerprint density at radius 1 is 0.957 bits per heavy atom. The van der Waals surface area contributed by atoms with Gasteiger partial charge in [-0.05, 0) is 43.4 Å². The average Bonchev–Trinajstić information content (AvgIpc) is 3.05. The minimum Gasteiger partial charge on any atom is -0.353 e. The highest BCUT2D eigenvalue weighted by Gasteiger charge is 2.21. The number of benzene rings is 1. The van der Waals surface area contributed by atoms with Crippen LogP contribution in [0.2, 0.25) is 0 Å². The van der Waals surface area contributed by atoms with Crippen LogP contribution in [0.3, 0.4) is 0 Å². The molecular formula is C19H24N4. The molecule has 23 heavy (non-hydrogen) atoms. The lowest BCUT2D eigenvalue weighted by atomic mass is 10.1. The van der Waals surface area contributed by atoms with Gasteiger partial charge in [0.2, 0.25) is 0 Å². The fourth-order valence-electron chi connectivity index (χ4n) is 3.56. The summed E-state index contributed by atoms with van der Waals surface area (Å²) in [6.45, 7) is 7.45. The van der Waals surface area contributed by atoms with Crippen molar-refractivity contribution in [2.75, 3.05) is 31.1 Å². The summed E-state index contributed by atoms with van der Waals surface area (Å²) in [6, 6.07) is 11.2. The maximum Gasteiger partial charge on any atom is 0.151 e. The van der Waals surface area contributed by atoms with E-state index in [-0.39, 0.29) is 0 Å². The maximum atomic E-state index is 4.45. The van der Waals surface area contributed by atoms with Crippen LogP contribution in [0.15, 0.2) is 30.3 Å². The molecule has 0 bridgehead atoms. The second-order valence-corrected chi connectivity index (χ2v) is 6.78. The summed E-state index contributed by atoms with van der Waals surface area (Å²) in [6.07, 6.45) is 3.51. The number of hydrogen-bond donors (Lipinski definition) is 0. The number of hydrogen-bond acceptors (Lipinski definition) is 4. The summed E-state index contributed by atoms with van der Waals surface area (Å²) in [5.41, 5.74) is 5.36. The third-order valence-corrected chi connectivity index (χ3v) is 5.03. The van der Waals surface area contributed by atoms with E-state index in [1.54, 1.807) is 0 Å². The van der Waals surface area contributed by atoms with Gasteiger partial charge in [0.25, 0.3) is 0 Å². The number of rotatable bonds is 3. The van der Waals surface area contributed by atoms with Gasteiger partial charge in [0.15, 0.2) is 5.82 Å². The smallest absolute Gasteiger partial charge is 0.151 e. The van der Waals surface area contributed by atoms with E-state index in [1.165, 1.54) is 35.2 Å². The van der Waals surface area contributed by atoms with Gasteiger partial charge in [-0.15, -0.1) is 5.10 Å². The van der Waals surface area contributed by atoms with Crippen LogP contribution in [0.4, 0.5) is 5.82 Å². The van der Waals surface area contributed by atoms with Crippen molar-refractivity contribution in [3.63, 3.8) is 0 Å². The summed E-state index contributed by atoms with van der Waals surface area (Å²) >= 11 is 0. The molecule has 0 spiro atoms. The molecule has 1 aliphatic carbocycles. The van der Waals surface area contributed by atoms with Gasteiger partial charge < -0.3 is 4.90 Å². The third kappa shape index (κ3) is 3.22. The van der Waals surface area contributed by atoms with Crippen LogP contribution in [0.1, 0.15) is 28.8 Å². The first kappa shape index (κ1) is 14.6. The number of piperazine rings is 1. The SMILES string of the molecule is Cc1ccc(CN2CCN(c3cc4c(nn3)CCC4)CC2)cc1. The van der Waals surface area contributed by atoms with Crippen LogP contribution in [-0.4, -0.2) is 41.3 Å². The van der Waals surface area contributed by atoms with Gasteiger partial charge in [0.05, 0.1) is 5.69 Å². The van der Waals surface area contributed by atoms with Gasteiger partial charge in [0.1, 0.15) is 0 Å². The van der Waals surface area contributed by atoms with Gasteiger partial charge >= 0.3 is 0 Å².